The summed E-state index contributed by atoms with van der Waals surface area (Å²) in [6, 6.07) is 2.57. The van der Waals surface area contributed by atoms with Crippen molar-refractivity contribution in [1.82, 2.24) is 14.6 Å². The number of nitrogens with one attached hydrogen (secondary N) is 2. The van der Waals surface area contributed by atoms with E-state index in [1.165, 1.54) is 12.8 Å². The Kier molecular flexibility index (Phi) is 4.12. The Labute approximate surface area is 127 Å². The van der Waals surface area contributed by atoms with Crippen molar-refractivity contribution in [1.29, 1.82) is 0 Å². The van der Waals surface area contributed by atoms with E-state index in [0.717, 1.165) is 25.0 Å². The highest BCUT2D eigenvalue weighted by molar-refractivity contribution is 7.89. The molecule has 1 aromatic heterocycles. The first kappa shape index (κ1) is 15.1. The van der Waals surface area contributed by atoms with Crippen LogP contribution in [0.25, 0.3) is 0 Å². The second-order valence-electron chi connectivity index (χ2n) is 6.48. The van der Waals surface area contributed by atoms with Crippen LogP contribution in [0.1, 0.15) is 51.6 Å². The lowest BCUT2D eigenvalue weighted by Crippen LogP contribution is -2.47. The lowest BCUT2D eigenvalue weighted by Gasteiger charge is -2.37. The zero-order valence-electron chi connectivity index (χ0n) is 12.8. The minimum absolute atomic E-state index is 0.0849. The van der Waals surface area contributed by atoms with Crippen molar-refractivity contribution in [2.24, 2.45) is 0 Å². The van der Waals surface area contributed by atoms with Crippen molar-refractivity contribution in [2.45, 2.75) is 75.5 Å². The van der Waals surface area contributed by atoms with Crippen LogP contribution >= 0.6 is 0 Å². The van der Waals surface area contributed by atoms with Gasteiger partial charge in [-0.2, -0.15) is 4.31 Å². The lowest BCUT2D eigenvalue weighted by molar-refractivity contribution is 0.204. The first-order chi connectivity index (χ1) is 9.98. The zero-order chi connectivity index (χ0) is 15.0. The third-order valence-electron chi connectivity index (χ3n) is 4.56. The van der Waals surface area contributed by atoms with Gasteiger partial charge in [-0.1, -0.05) is 6.42 Å². The van der Waals surface area contributed by atoms with Crippen LogP contribution in [0.2, 0.25) is 0 Å². The summed E-state index contributed by atoms with van der Waals surface area (Å²) in [6.45, 7) is 4.73. The molecule has 21 heavy (non-hydrogen) atoms. The van der Waals surface area contributed by atoms with Gasteiger partial charge in [0, 0.05) is 36.6 Å². The molecule has 2 N–H and O–H groups in total. The minimum Gasteiger partial charge on any atom is -0.363 e. The molecular formula is C15H25N3O2S. The van der Waals surface area contributed by atoms with Crippen molar-refractivity contribution < 1.29 is 8.42 Å². The molecule has 118 valence electrons. The van der Waals surface area contributed by atoms with E-state index < -0.39 is 10.0 Å². The van der Waals surface area contributed by atoms with Crippen molar-refractivity contribution in [3.63, 3.8) is 0 Å². The second-order valence-corrected chi connectivity index (χ2v) is 8.32. The molecule has 1 aromatic rings. The zero-order valence-corrected chi connectivity index (χ0v) is 13.6. The summed E-state index contributed by atoms with van der Waals surface area (Å²) in [5.74, 6) is 0. The molecule has 1 saturated carbocycles. The SMILES string of the molecule is C[C@@H]1CCC[C@H](C)N1S(=O)(=O)c1c[nH]c(CNC2CC2)c1. The molecule has 6 heteroatoms. The van der Waals surface area contributed by atoms with E-state index in [9.17, 15) is 8.42 Å². The Bertz CT molecular complexity index is 582. The standard InChI is InChI=1S/C15H25N3O2S/c1-11-4-3-5-12(2)18(11)21(19,20)15-8-14(17-10-15)9-16-13-6-7-13/h8,10-13,16-17H,3-7,9H2,1-2H3/t11-,12+. The van der Waals surface area contributed by atoms with E-state index in [0.29, 0.717) is 17.5 Å². The van der Waals surface area contributed by atoms with Gasteiger partial charge in [0.1, 0.15) is 0 Å². The summed E-state index contributed by atoms with van der Waals surface area (Å²) in [4.78, 5) is 3.49. The number of aromatic nitrogens is 1. The number of aromatic amines is 1. The third kappa shape index (κ3) is 3.17. The van der Waals surface area contributed by atoms with Crippen LogP contribution in [-0.2, 0) is 16.6 Å². The Morgan fingerprint density at radius 1 is 1.24 bits per heavy atom. The molecule has 1 aliphatic carbocycles. The van der Waals surface area contributed by atoms with Crippen molar-refractivity contribution in [2.75, 3.05) is 0 Å². The average Bonchev–Trinajstić information content (AvgIpc) is 3.12. The number of nitrogens with zero attached hydrogens (tertiary/aromatic N) is 1. The predicted molar refractivity (Wildman–Crippen MR) is 82.5 cm³/mol. The second kappa shape index (κ2) is 5.74. The van der Waals surface area contributed by atoms with Crippen LogP contribution in [0.15, 0.2) is 17.2 Å². The van der Waals surface area contributed by atoms with E-state index in [1.54, 1.807) is 16.6 Å². The summed E-state index contributed by atoms with van der Waals surface area (Å²) in [6.07, 6.45) is 7.10. The van der Waals surface area contributed by atoms with E-state index in [-0.39, 0.29) is 12.1 Å². The van der Waals surface area contributed by atoms with Gasteiger partial charge in [0.15, 0.2) is 0 Å². The highest BCUT2D eigenvalue weighted by Crippen LogP contribution is 2.29. The first-order valence-electron chi connectivity index (χ1n) is 7.92. The van der Waals surface area contributed by atoms with Crippen molar-refractivity contribution >= 4 is 10.0 Å². The van der Waals surface area contributed by atoms with Crippen LogP contribution in [0.5, 0.6) is 0 Å². The van der Waals surface area contributed by atoms with E-state index >= 15 is 0 Å². The number of sulfonamides is 1. The molecule has 0 unspecified atom stereocenters. The molecule has 2 aliphatic rings. The molecular weight excluding hydrogens is 286 g/mol. The average molecular weight is 311 g/mol. The largest absolute Gasteiger partial charge is 0.363 e. The Morgan fingerprint density at radius 3 is 2.52 bits per heavy atom. The van der Waals surface area contributed by atoms with Gasteiger partial charge < -0.3 is 10.3 Å². The van der Waals surface area contributed by atoms with E-state index in [1.807, 2.05) is 13.8 Å². The molecule has 2 fully saturated rings. The minimum atomic E-state index is -3.39. The summed E-state index contributed by atoms with van der Waals surface area (Å²) < 4.78 is 27.4. The van der Waals surface area contributed by atoms with Crippen LogP contribution < -0.4 is 5.32 Å². The monoisotopic (exact) mass is 311 g/mol. The number of hydrogen-bond donors (Lipinski definition) is 2. The lowest BCUT2D eigenvalue weighted by atomic mass is 10.0. The van der Waals surface area contributed by atoms with Gasteiger partial charge in [-0.05, 0) is 45.6 Å². The molecule has 0 bridgehead atoms. The Balaban J connectivity index is 1.76. The Morgan fingerprint density at radius 2 is 1.90 bits per heavy atom. The van der Waals surface area contributed by atoms with Crippen LogP contribution in [0.3, 0.4) is 0 Å². The van der Waals surface area contributed by atoms with Gasteiger partial charge in [0.2, 0.25) is 10.0 Å². The maximum absolute atomic E-state index is 12.9. The first-order valence-corrected chi connectivity index (χ1v) is 9.36. The van der Waals surface area contributed by atoms with Crippen LogP contribution in [0.4, 0.5) is 0 Å². The highest BCUT2D eigenvalue weighted by atomic mass is 32.2. The quantitative estimate of drug-likeness (QED) is 0.876. The van der Waals surface area contributed by atoms with Crippen molar-refractivity contribution in [3.8, 4) is 0 Å². The van der Waals surface area contributed by atoms with E-state index in [4.69, 9.17) is 0 Å². The predicted octanol–water partition coefficient (Wildman–Crippen LogP) is 2.22. The topological polar surface area (TPSA) is 65.2 Å². The number of rotatable bonds is 5. The molecule has 1 aliphatic heterocycles. The number of piperidine rings is 1. The van der Waals surface area contributed by atoms with Crippen LogP contribution in [0, 0.1) is 0 Å². The smallest absolute Gasteiger partial charge is 0.245 e. The van der Waals surface area contributed by atoms with E-state index in [2.05, 4.69) is 10.3 Å². The molecule has 0 amide bonds. The fourth-order valence-electron chi connectivity index (χ4n) is 3.20. The molecule has 2 atom stereocenters. The van der Waals surface area contributed by atoms with Gasteiger partial charge in [-0.3, -0.25) is 0 Å². The highest BCUT2D eigenvalue weighted by Gasteiger charge is 2.36. The molecule has 0 spiro atoms. The maximum atomic E-state index is 12.9. The van der Waals surface area contributed by atoms with Gasteiger partial charge in [0.05, 0.1) is 4.90 Å². The van der Waals surface area contributed by atoms with Crippen molar-refractivity contribution in [3.05, 3.63) is 18.0 Å². The van der Waals surface area contributed by atoms with Gasteiger partial charge in [0.25, 0.3) is 0 Å². The fraction of sp³-hybridized carbons (Fsp3) is 0.733. The van der Waals surface area contributed by atoms with Crippen LogP contribution in [-0.4, -0.2) is 35.8 Å². The summed E-state index contributed by atoms with van der Waals surface area (Å²) in [5.41, 5.74) is 0.942. The molecule has 2 heterocycles. The van der Waals surface area contributed by atoms with Gasteiger partial charge in [-0.25, -0.2) is 8.42 Å². The maximum Gasteiger partial charge on any atom is 0.245 e. The fourth-order valence-corrected chi connectivity index (χ4v) is 5.11. The summed E-state index contributed by atoms with van der Waals surface area (Å²) >= 11 is 0. The Hall–Kier alpha value is -0.850. The summed E-state index contributed by atoms with van der Waals surface area (Å²) in [7, 11) is -3.39. The van der Waals surface area contributed by atoms with Gasteiger partial charge >= 0.3 is 0 Å². The van der Waals surface area contributed by atoms with Gasteiger partial charge in [-0.15, -0.1) is 0 Å². The molecule has 0 radical (unpaired) electrons. The number of hydrogen-bond acceptors (Lipinski definition) is 3. The molecule has 3 rings (SSSR count). The molecule has 1 saturated heterocycles. The molecule has 0 aromatic carbocycles. The third-order valence-corrected chi connectivity index (χ3v) is 6.67. The number of H-pyrrole nitrogens is 1. The molecule has 5 nitrogen and oxygen atoms in total. The summed E-state index contributed by atoms with van der Waals surface area (Å²) in [5, 5.41) is 3.40. The normalized spacial score (nSPS) is 27.9.